The number of methoxy groups -OCH3 is 1. The van der Waals surface area contributed by atoms with Crippen LogP contribution >= 0.6 is 0 Å². The first-order valence-electron chi connectivity index (χ1n) is 23.5. The van der Waals surface area contributed by atoms with Crippen molar-refractivity contribution in [1.82, 2.24) is 30.3 Å². The molecule has 20 heteroatoms. The zero-order valence-corrected chi connectivity index (χ0v) is 39.7. The van der Waals surface area contributed by atoms with Gasteiger partial charge < -0.3 is 44.5 Å². The second kappa shape index (κ2) is 21.0. The fourth-order valence-corrected chi connectivity index (χ4v) is 9.34. The Labute approximate surface area is 420 Å². The first-order chi connectivity index (χ1) is 35.6. The molecule has 9 rings (SSSR count). The average molecular weight is 1010 g/mol. The number of hydrogen-bond donors (Lipinski definition) is 4. The number of nitrogens with one attached hydrogen (secondary N) is 2. The molecule has 1 aromatic heterocycles. The van der Waals surface area contributed by atoms with Gasteiger partial charge in [0.05, 0.1) is 56.1 Å². The Bertz CT molecular complexity index is 3440. The first-order valence-corrected chi connectivity index (χ1v) is 23.5. The molecule has 1 atom stereocenters. The number of aromatic nitrogens is 1. The molecule has 4 N–H and O–H groups in total. The molecule has 4 aliphatic rings. The van der Waals surface area contributed by atoms with Crippen LogP contribution in [0.4, 0.5) is 8.78 Å². The first kappa shape index (κ1) is 50.0. The van der Waals surface area contributed by atoms with Crippen LogP contribution in [0.3, 0.4) is 0 Å². The Hall–Kier alpha value is -8.96. The summed E-state index contributed by atoms with van der Waals surface area (Å²) in [6.45, 7) is 1.19. The lowest BCUT2D eigenvalue weighted by Crippen LogP contribution is -2.51. The SMILES string of the molecule is COc1ccc(-c2ccc3nccc(C(=O)NCC(=O)N4CC(F)(F)C[C@H]4C#N)c3c2)c(OCCCN2CCN(C(=O)CNC(=O)c3ccc(C(=O)O)c(-c4c5ccc(=O)cc-5oc5cc(O)ccc45)c3)CC2)c1. The van der Waals surface area contributed by atoms with Crippen molar-refractivity contribution in [2.24, 2.45) is 0 Å². The van der Waals surface area contributed by atoms with E-state index in [4.69, 9.17) is 13.9 Å². The zero-order chi connectivity index (χ0) is 52.3. The topological polar surface area (TPSA) is 245 Å². The number of benzene rings is 5. The van der Waals surface area contributed by atoms with Crippen molar-refractivity contribution >= 4 is 51.5 Å². The minimum absolute atomic E-state index is 0.0951. The Morgan fingerprint density at radius 1 is 0.838 bits per heavy atom. The number of pyridine rings is 1. The highest BCUT2D eigenvalue weighted by Crippen LogP contribution is 2.42. The largest absolute Gasteiger partial charge is 0.508 e. The standard InChI is InChI=1S/C54H47F2N7O11/c1-72-36-7-11-37(31-4-12-44-42(21-31)38(13-14-58-44)52(69)60-29-49(67)63-30-54(55,56)26-33(63)27-57)45(25-36)73-20-2-15-61-16-18-62(19-17-61)48(66)28-59-51(68)32-3-8-39(53(70)71)43(22-32)50-40-9-5-34(64)23-46(40)74-47-24-35(65)6-10-41(47)50/h3-14,21-25,33,64H,2,15-20,26,28-30H2,1H3,(H,59,68)(H,60,69)(H,70,71)/t33-/m0/s1. The number of alkyl halides is 2. The number of phenolic OH excluding ortho intramolecular Hbond substituents is 1. The van der Waals surface area contributed by atoms with Crippen molar-refractivity contribution in [3.63, 3.8) is 0 Å². The summed E-state index contributed by atoms with van der Waals surface area (Å²) in [7, 11) is 1.54. The van der Waals surface area contributed by atoms with Crippen LogP contribution in [0.2, 0.25) is 0 Å². The molecular weight excluding hydrogens is 961 g/mol. The van der Waals surface area contributed by atoms with Crippen molar-refractivity contribution in [1.29, 1.82) is 5.26 Å². The highest BCUT2D eigenvalue weighted by atomic mass is 19.3. The highest BCUT2D eigenvalue weighted by molar-refractivity contribution is 6.10. The fourth-order valence-electron chi connectivity index (χ4n) is 9.34. The van der Waals surface area contributed by atoms with Gasteiger partial charge in [-0.15, -0.1) is 0 Å². The number of ether oxygens (including phenoxy) is 2. The number of hydrogen-bond acceptors (Lipinski definition) is 13. The lowest BCUT2D eigenvalue weighted by atomic mass is 9.89. The number of aromatic hydroxyl groups is 1. The molecule has 0 unspecified atom stereocenters. The number of carbonyl (C=O) groups is 5. The van der Waals surface area contributed by atoms with E-state index in [0.29, 0.717) is 95.8 Å². The monoisotopic (exact) mass is 1010 g/mol. The van der Waals surface area contributed by atoms with Gasteiger partial charge in [0.2, 0.25) is 11.8 Å². The third-order valence-corrected chi connectivity index (χ3v) is 13.1. The maximum Gasteiger partial charge on any atom is 0.336 e. The Kier molecular flexibility index (Phi) is 14.2. The number of halogens is 2. The van der Waals surface area contributed by atoms with E-state index in [1.54, 1.807) is 41.3 Å². The quantitative estimate of drug-likeness (QED) is 0.0678. The van der Waals surface area contributed by atoms with Crippen molar-refractivity contribution in [3.05, 3.63) is 130 Å². The summed E-state index contributed by atoms with van der Waals surface area (Å²) in [4.78, 5) is 86.9. The van der Waals surface area contributed by atoms with E-state index in [1.165, 1.54) is 67.9 Å². The van der Waals surface area contributed by atoms with Gasteiger partial charge in [0.1, 0.15) is 34.6 Å². The van der Waals surface area contributed by atoms with Crippen molar-refractivity contribution in [2.75, 3.05) is 66.1 Å². The van der Waals surface area contributed by atoms with E-state index < -0.39 is 55.2 Å². The molecule has 4 aromatic carbocycles. The van der Waals surface area contributed by atoms with Gasteiger partial charge in [-0.1, -0.05) is 6.07 Å². The van der Waals surface area contributed by atoms with E-state index in [9.17, 15) is 53.0 Å². The molecule has 74 heavy (non-hydrogen) atoms. The number of fused-ring (bicyclic) bond motifs is 3. The lowest BCUT2D eigenvalue weighted by Gasteiger charge is -2.34. The molecule has 1 aliphatic carbocycles. The lowest BCUT2D eigenvalue weighted by molar-refractivity contribution is -0.132. The third-order valence-electron chi connectivity index (χ3n) is 13.1. The Morgan fingerprint density at radius 2 is 1.61 bits per heavy atom. The summed E-state index contributed by atoms with van der Waals surface area (Å²) in [5, 5.41) is 35.7. The van der Waals surface area contributed by atoms with Crippen LogP contribution in [0.1, 0.15) is 43.9 Å². The third kappa shape index (κ3) is 10.6. The van der Waals surface area contributed by atoms with Gasteiger partial charge in [-0.3, -0.25) is 33.9 Å². The summed E-state index contributed by atoms with van der Waals surface area (Å²) in [6.07, 6.45) is 1.32. The van der Waals surface area contributed by atoms with Crippen molar-refractivity contribution in [3.8, 4) is 56.9 Å². The smallest absolute Gasteiger partial charge is 0.336 e. The predicted molar refractivity (Wildman–Crippen MR) is 265 cm³/mol. The van der Waals surface area contributed by atoms with Gasteiger partial charge in [0, 0.05) is 96.6 Å². The van der Waals surface area contributed by atoms with Crippen LogP contribution in [-0.2, 0) is 9.59 Å². The molecule has 3 aliphatic heterocycles. The van der Waals surface area contributed by atoms with Crippen LogP contribution < -0.4 is 25.5 Å². The minimum Gasteiger partial charge on any atom is -0.508 e. The second-order valence-electron chi connectivity index (χ2n) is 17.8. The summed E-state index contributed by atoms with van der Waals surface area (Å²) in [5.74, 6) is -5.65. The van der Waals surface area contributed by atoms with Gasteiger partial charge in [0.15, 0.2) is 5.43 Å². The molecule has 2 fully saturated rings. The van der Waals surface area contributed by atoms with E-state index in [0.717, 1.165) is 4.90 Å². The normalized spacial score (nSPS) is 15.5. The summed E-state index contributed by atoms with van der Waals surface area (Å²) in [6, 6.07) is 25.1. The molecule has 0 saturated carbocycles. The number of nitrogens with zero attached hydrogens (tertiary/aromatic N) is 5. The summed E-state index contributed by atoms with van der Waals surface area (Å²) >= 11 is 0. The van der Waals surface area contributed by atoms with Crippen LogP contribution in [0.15, 0.2) is 112 Å². The van der Waals surface area contributed by atoms with Gasteiger partial charge in [-0.05, 0) is 90.3 Å². The summed E-state index contributed by atoms with van der Waals surface area (Å²) < 4.78 is 45.7. The number of carboxylic acid groups (broad SMARTS) is 1. The van der Waals surface area contributed by atoms with E-state index in [2.05, 4.69) is 20.5 Å². The molecule has 4 amide bonds. The number of rotatable bonds is 15. The maximum absolute atomic E-state index is 14.0. The van der Waals surface area contributed by atoms with Crippen LogP contribution in [0, 0.1) is 11.3 Å². The number of piperazine rings is 1. The number of amides is 4. The van der Waals surface area contributed by atoms with E-state index >= 15 is 0 Å². The number of aromatic carboxylic acids is 1. The van der Waals surface area contributed by atoms with Gasteiger partial charge in [-0.25, -0.2) is 13.6 Å². The number of phenols is 1. The Morgan fingerprint density at radius 3 is 2.38 bits per heavy atom. The summed E-state index contributed by atoms with van der Waals surface area (Å²) in [5.41, 5.74) is 2.87. The van der Waals surface area contributed by atoms with Crippen LogP contribution in [-0.4, -0.2) is 138 Å². The molecule has 0 bridgehead atoms. The number of carboxylic acids is 1. The van der Waals surface area contributed by atoms with Crippen LogP contribution in [0.25, 0.3) is 55.4 Å². The fraction of sp³-hybridized carbons (Fsp3) is 0.259. The van der Waals surface area contributed by atoms with E-state index in [1.807, 2.05) is 12.1 Å². The molecule has 2 saturated heterocycles. The Balaban J connectivity index is 0.792. The van der Waals surface area contributed by atoms with Gasteiger partial charge in [0.25, 0.3) is 17.7 Å². The predicted octanol–water partition coefficient (Wildman–Crippen LogP) is 6.03. The number of carbonyl (C=O) groups excluding carboxylic acids is 4. The zero-order valence-electron chi connectivity index (χ0n) is 39.7. The molecule has 378 valence electrons. The van der Waals surface area contributed by atoms with E-state index in [-0.39, 0.29) is 57.2 Å². The number of nitriles is 1. The van der Waals surface area contributed by atoms with Gasteiger partial charge in [-0.2, -0.15) is 5.26 Å². The molecule has 5 aromatic rings. The second-order valence-corrected chi connectivity index (χ2v) is 17.8. The highest BCUT2D eigenvalue weighted by Gasteiger charge is 2.47. The molecule has 18 nitrogen and oxygen atoms in total. The van der Waals surface area contributed by atoms with Crippen LogP contribution in [0.5, 0.6) is 17.2 Å². The van der Waals surface area contributed by atoms with Gasteiger partial charge >= 0.3 is 5.97 Å². The number of likely N-dealkylation sites (tertiary alicyclic amines) is 1. The minimum atomic E-state index is -3.19. The molecule has 4 heterocycles. The van der Waals surface area contributed by atoms with Crippen molar-refractivity contribution < 1.29 is 56.9 Å². The molecular formula is C54H47F2N7O11. The average Bonchev–Trinajstić information content (AvgIpc) is 3.73. The molecule has 0 radical (unpaired) electrons. The van der Waals surface area contributed by atoms with Crippen molar-refractivity contribution in [2.45, 2.75) is 24.8 Å². The maximum atomic E-state index is 14.0. The molecule has 0 spiro atoms.